The van der Waals surface area contributed by atoms with Crippen molar-refractivity contribution in [2.45, 2.75) is 13.3 Å². The summed E-state index contributed by atoms with van der Waals surface area (Å²) in [6.07, 6.45) is 0.960. The first kappa shape index (κ1) is 15.1. The Labute approximate surface area is 146 Å². The van der Waals surface area contributed by atoms with Crippen molar-refractivity contribution in [1.29, 1.82) is 0 Å². The van der Waals surface area contributed by atoms with Crippen LogP contribution in [0.1, 0.15) is 11.1 Å². The van der Waals surface area contributed by atoms with Crippen LogP contribution in [0.5, 0.6) is 5.75 Å². The molecule has 0 bridgehead atoms. The number of aromatic nitrogens is 2. The molecule has 0 amide bonds. The highest BCUT2D eigenvalue weighted by Gasteiger charge is 2.25. The number of benzene rings is 2. The standard InChI is InChI=1S/C19H18ClN3O/c1-12-3-5-13(6-4-12)18-15-9-10-21-19(15)23(22-18)16-11-14(20)7-8-17(16)24-2/h3-8,11,21H,9-10H2,1-2H3. The van der Waals surface area contributed by atoms with Gasteiger partial charge in [0, 0.05) is 22.7 Å². The smallest absolute Gasteiger partial charge is 0.144 e. The van der Waals surface area contributed by atoms with Crippen LogP contribution in [0.2, 0.25) is 5.02 Å². The molecule has 0 spiro atoms. The third-order valence-electron chi connectivity index (χ3n) is 4.35. The van der Waals surface area contributed by atoms with E-state index in [1.165, 1.54) is 11.1 Å². The summed E-state index contributed by atoms with van der Waals surface area (Å²) in [6, 6.07) is 14.0. The maximum atomic E-state index is 6.20. The van der Waals surface area contributed by atoms with Crippen LogP contribution < -0.4 is 10.1 Å². The third kappa shape index (κ3) is 2.43. The lowest BCUT2D eigenvalue weighted by Gasteiger charge is -2.11. The molecule has 1 aliphatic rings. The Kier molecular flexibility index (Phi) is 3.69. The van der Waals surface area contributed by atoms with Crippen molar-refractivity contribution in [1.82, 2.24) is 9.78 Å². The average Bonchev–Trinajstić information content (AvgIpc) is 3.18. The number of fused-ring (bicyclic) bond motifs is 1. The molecule has 1 aliphatic heterocycles. The van der Waals surface area contributed by atoms with Gasteiger partial charge in [-0.15, -0.1) is 0 Å². The van der Waals surface area contributed by atoms with Gasteiger partial charge in [-0.25, -0.2) is 4.68 Å². The molecule has 1 N–H and O–H groups in total. The second-order valence-corrected chi connectivity index (χ2v) is 6.38. The van der Waals surface area contributed by atoms with Gasteiger partial charge < -0.3 is 10.1 Å². The molecular weight excluding hydrogens is 322 g/mol. The average molecular weight is 340 g/mol. The molecule has 122 valence electrons. The largest absolute Gasteiger partial charge is 0.494 e. The fourth-order valence-electron chi connectivity index (χ4n) is 3.12. The molecule has 4 rings (SSSR count). The van der Waals surface area contributed by atoms with E-state index in [1.807, 2.05) is 22.9 Å². The van der Waals surface area contributed by atoms with E-state index < -0.39 is 0 Å². The lowest BCUT2D eigenvalue weighted by atomic mass is 10.1. The van der Waals surface area contributed by atoms with Gasteiger partial charge in [0.25, 0.3) is 0 Å². The Morgan fingerprint density at radius 3 is 2.71 bits per heavy atom. The predicted octanol–water partition coefficient (Wildman–Crippen LogP) is 4.48. The van der Waals surface area contributed by atoms with E-state index in [4.69, 9.17) is 21.4 Å². The molecule has 24 heavy (non-hydrogen) atoms. The van der Waals surface area contributed by atoms with Crippen molar-refractivity contribution in [3.05, 3.63) is 58.6 Å². The van der Waals surface area contributed by atoms with Gasteiger partial charge in [-0.3, -0.25) is 0 Å². The predicted molar refractivity (Wildman–Crippen MR) is 97.5 cm³/mol. The number of hydrogen-bond acceptors (Lipinski definition) is 3. The van der Waals surface area contributed by atoms with Crippen LogP contribution in [0.25, 0.3) is 16.9 Å². The van der Waals surface area contributed by atoms with E-state index >= 15 is 0 Å². The molecule has 0 radical (unpaired) electrons. The summed E-state index contributed by atoms with van der Waals surface area (Å²) in [5.74, 6) is 1.76. The van der Waals surface area contributed by atoms with Gasteiger partial charge in [0.15, 0.2) is 0 Å². The SMILES string of the molecule is COc1ccc(Cl)cc1-n1nc(-c2ccc(C)cc2)c2c1NCC2. The Hall–Kier alpha value is -2.46. The van der Waals surface area contributed by atoms with Crippen LogP contribution >= 0.6 is 11.6 Å². The molecule has 0 unspecified atom stereocenters. The van der Waals surface area contributed by atoms with Gasteiger partial charge >= 0.3 is 0 Å². The van der Waals surface area contributed by atoms with E-state index in [2.05, 4.69) is 36.5 Å². The Bertz CT molecular complexity index is 900. The maximum absolute atomic E-state index is 6.20. The summed E-state index contributed by atoms with van der Waals surface area (Å²) in [4.78, 5) is 0. The summed E-state index contributed by atoms with van der Waals surface area (Å²) in [7, 11) is 1.66. The zero-order valence-corrected chi connectivity index (χ0v) is 14.4. The quantitative estimate of drug-likeness (QED) is 0.764. The van der Waals surface area contributed by atoms with Crippen LogP contribution in [-0.2, 0) is 6.42 Å². The lowest BCUT2D eigenvalue weighted by Crippen LogP contribution is -2.05. The second kappa shape index (κ2) is 5.87. The first-order chi connectivity index (χ1) is 11.7. The summed E-state index contributed by atoms with van der Waals surface area (Å²) in [5, 5.41) is 8.97. The highest BCUT2D eigenvalue weighted by Crippen LogP contribution is 2.37. The van der Waals surface area contributed by atoms with Crippen LogP contribution in [0, 0.1) is 6.92 Å². The van der Waals surface area contributed by atoms with Crippen molar-refractivity contribution in [3.63, 3.8) is 0 Å². The Balaban J connectivity index is 1.91. The number of anilines is 1. The normalized spacial score (nSPS) is 12.8. The molecular formula is C19H18ClN3O. The molecule has 0 saturated heterocycles. The van der Waals surface area contributed by atoms with Crippen LogP contribution in [0.15, 0.2) is 42.5 Å². The van der Waals surface area contributed by atoms with E-state index in [9.17, 15) is 0 Å². The van der Waals surface area contributed by atoms with Gasteiger partial charge in [0.2, 0.25) is 0 Å². The molecule has 4 nitrogen and oxygen atoms in total. The topological polar surface area (TPSA) is 39.1 Å². The van der Waals surface area contributed by atoms with Crippen LogP contribution in [0.3, 0.4) is 0 Å². The number of ether oxygens (including phenoxy) is 1. The number of halogens is 1. The number of nitrogens with zero attached hydrogens (tertiary/aromatic N) is 2. The summed E-state index contributed by atoms with van der Waals surface area (Å²) in [6.45, 7) is 3.00. The van der Waals surface area contributed by atoms with E-state index in [-0.39, 0.29) is 0 Å². The second-order valence-electron chi connectivity index (χ2n) is 5.95. The molecule has 1 aromatic heterocycles. The number of aryl methyl sites for hydroxylation is 1. The van der Waals surface area contributed by atoms with Gasteiger partial charge in [0.1, 0.15) is 17.3 Å². The first-order valence-corrected chi connectivity index (χ1v) is 8.32. The third-order valence-corrected chi connectivity index (χ3v) is 4.58. The molecule has 2 heterocycles. The minimum absolute atomic E-state index is 0.657. The van der Waals surface area contributed by atoms with Gasteiger partial charge in [-0.1, -0.05) is 41.4 Å². The maximum Gasteiger partial charge on any atom is 0.144 e. The molecule has 0 aliphatic carbocycles. The Morgan fingerprint density at radius 2 is 1.96 bits per heavy atom. The fraction of sp³-hybridized carbons (Fsp3) is 0.211. The van der Waals surface area contributed by atoms with Gasteiger partial charge in [-0.05, 0) is 31.5 Å². The van der Waals surface area contributed by atoms with Gasteiger partial charge in [0.05, 0.1) is 12.8 Å². The minimum Gasteiger partial charge on any atom is -0.494 e. The number of hydrogen-bond donors (Lipinski definition) is 1. The van der Waals surface area contributed by atoms with Crippen molar-refractivity contribution < 1.29 is 4.74 Å². The molecule has 2 aromatic carbocycles. The number of rotatable bonds is 3. The zero-order valence-electron chi connectivity index (χ0n) is 13.6. The van der Waals surface area contributed by atoms with E-state index in [0.717, 1.165) is 41.5 Å². The molecule has 0 fully saturated rings. The lowest BCUT2D eigenvalue weighted by molar-refractivity contribution is 0.412. The first-order valence-electron chi connectivity index (χ1n) is 7.94. The highest BCUT2D eigenvalue weighted by molar-refractivity contribution is 6.30. The highest BCUT2D eigenvalue weighted by atomic mass is 35.5. The van der Waals surface area contributed by atoms with Crippen molar-refractivity contribution >= 4 is 17.4 Å². The van der Waals surface area contributed by atoms with Gasteiger partial charge in [-0.2, -0.15) is 5.10 Å². The zero-order chi connectivity index (χ0) is 16.7. The van der Waals surface area contributed by atoms with E-state index in [1.54, 1.807) is 7.11 Å². The molecule has 0 atom stereocenters. The van der Waals surface area contributed by atoms with Crippen LogP contribution in [-0.4, -0.2) is 23.4 Å². The van der Waals surface area contributed by atoms with E-state index in [0.29, 0.717) is 5.02 Å². The summed E-state index contributed by atoms with van der Waals surface area (Å²) in [5.41, 5.74) is 5.46. The monoisotopic (exact) mass is 339 g/mol. The molecule has 5 heteroatoms. The number of nitrogens with one attached hydrogen (secondary N) is 1. The molecule has 3 aromatic rings. The van der Waals surface area contributed by atoms with Crippen molar-refractivity contribution in [3.8, 4) is 22.7 Å². The molecule has 0 saturated carbocycles. The number of methoxy groups -OCH3 is 1. The fourth-order valence-corrected chi connectivity index (χ4v) is 3.29. The van der Waals surface area contributed by atoms with Crippen molar-refractivity contribution in [2.75, 3.05) is 19.0 Å². The van der Waals surface area contributed by atoms with Crippen molar-refractivity contribution in [2.24, 2.45) is 0 Å². The minimum atomic E-state index is 0.657. The summed E-state index contributed by atoms with van der Waals surface area (Å²) < 4.78 is 7.40. The Morgan fingerprint density at radius 1 is 1.17 bits per heavy atom. The summed E-state index contributed by atoms with van der Waals surface area (Å²) >= 11 is 6.20. The van der Waals surface area contributed by atoms with Crippen LogP contribution in [0.4, 0.5) is 5.82 Å².